The Morgan fingerprint density at radius 2 is 1.89 bits per heavy atom. The van der Waals surface area contributed by atoms with Gasteiger partial charge in [0.1, 0.15) is 0 Å². The van der Waals surface area contributed by atoms with E-state index in [1.165, 1.54) is 18.4 Å². The minimum Gasteiger partial charge on any atom is -0.314 e. The molecule has 2 atom stereocenters. The molecule has 18 heavy (non-hydrogen) atoms. The maximum atomic E-state index is 5.88. The number of nitrogens with one attached hydrogen (secondary N) is 1. The fraction of sp³-hybridized carbons (Fsp3) is 0.600. The van der Waals surface area contributed by atoms with E-state index in [4.69, 9.17) is 11.6 Å². The average molecular weight is 286 g/mol. The summed E-state index contributed by atoms with van der Waals surface area (Å²) in [4.78, 5) is 0. The van der Waals surface area contributed by atoms with E-state index >= 15 is 0 Å². The van der Waals surface area contributed by atoms with E-state index in [0.29, 0.717) is 11.3 Å². The Bertz CT molecular complexity index is 326. The molecule has 1 N–H and O–H groups in total. The SMILES string of the molecule is CCCNC(C)CC(C)SCc1ccc(Cl)cc1. The second-order valence-corrected chi connectivity index (χ2v) is 6.70. The molecule has 0 fully saturated rings. The van der Waals surface area contributed by atoms with Crippen LogP contribution >= 0.6 is 23.4 Å². The molecule has 1 aromatic rings. The molecule has 0 saturated carbocycles. The van der Waals surface area contributed by atoms with Crippen LogP contribution in [-0.4, -0.2) is 17.8 Å². The molecule has 0 amide bonds. The molecule has 0 heterocycles. The molecule has 1 rings (SSSR count). The van der Waals surface area contributed by atoms with E-state index in [2.05, 4.69) is 38.2 Å². The summed E-state index contributed by atoms with van der Waals surface area (Å²) in [6.45, 7) is 7.91. The van der Waals surface area contributed by atoms with Gasteiger partial charge in [-0.25, -0.2) is 0 Å². The van der Waals surface area contributed by atoms with Crippen molar-refractivity contribution in [1.82, 2.24) is 5.32 Å². The summed E-state index contributed by atoms with van der Waals surface area (Å²) < 4.78 is 0. The number of thioether (sulfide) groups is 1. The van der Waals surface area contributed by atoms with Crippen molar-refractivity contribution in [2.45, 2.75) is 50.7 Å². The third kappa shape index (κ3) is 6.67. The van der Waals surface area contributed by atoms with Crippen molar-refractivity contribution >= 4 is 23.4 Å². The molecule has 0 aliphatic heterocycles. The van der Waals surface area contributed by atoms with Gasteiger partial charge in [-0.2, -0.15) is 11.8 Å². The van der Waals surface area contributed by atoms with Gasteiger partial charge in [0.05, 0.1) is 0 Å². The van der Waals surface area contributed by atoms with Gasteiger partial charge < -0.3 is 5.32 Å². The molecule has 1 aromatic carbocycles. The molecule has 2 unspecified atom stereocenters. The van der Waals surface area contributed by atoms with E-state index < -0.39 is 0 Å². The quantitative estimate of drug-likeness (QED) is 0.740. The number of benzene rings is 1. The predicted molar refractivity (Wildman–Crippen MR) is 84.6 cm³/mol. The topological polar surface area (TPSA) is 12.0 Å². The molecule has 0 aliphatic rings. The Hall–Kier alpha value is -0.180. The van der Waals surface area contributed by atoms with Crippen molar-refractivity contribution in [3.8, 4) is 0 Å². The van der Waals surface area contributed by atoms with Crippen molar-refractivity contribution in [3.05, 3.63) is 34.9 Å². The predicted octanol–water partition coefficient (Wildman–Crippen LogP) is 4.74. The van der Waals surface area contributed by atoms with Crippen molar-refractivity contribution < 1.29 is 0 Å². The second-order valence-electron chi connectivity index (χ2n) is 4.84. The number of rotatable bonds is 8. The van der Waals surface area contributed by atoms with Crippen LogP contribution in [0.5, 0.6) is 0 Å². The molecule has 102 valence electrons. The van der Waals surface area contributed by atoms with Crippen LogP contribution < -0.4 is 5.32 Å². The fourth-order valence-electron chi connectivity index (χ4n) is 1.86. The van der Waals surface area contributed by atoms with Crippen LogP contribution in [0.4, 0.5) is 0 Å². The zero-order chi connectivity index (χ0) is 13.4. The van der Waals surface area contributed by atoms with Crippen LogP contribution in [-0.2, 0) is 5.75 Å². The van der Waals surface area contributed by atoms with E-state index in [1.54, 1.807) is 0 Å². The van der Waals surface area contributed by atoms with Crippen molar-refractivity contribution in [3.63, 3.8) is 0 Å². The maximum absolute atomic E-state index is 5.88. The molecular formula is C15H24ClNS. The minimum atomic E-state index is 0.609. The van der Waals surface area contributed by atoms with Crippen LogP contribution in [0.2, 0.25) is 5.02 Å². The van der Waals surface area contributed by atoms with E-state index in [0.717, 1.165) is 17.3 Å². The summed E-state index contributed by atoms with van der Waals surface area (Å²) in [6, 6.07) is 8.76. The molecule has 0 radical (unpaired) electrons. The van der Waals surface area contributed by atoms with Gasteiger partial charge in [-0.05, 0) is 44.0 Å². The number of hydrogen-bond donors (Lipinski definition) is 1. The van der Waals surface area contributed by atoms with Crippen molar-refractivity contribution in [2.75, 3.05) is 6.54 Å². The lowest BCUT2D eigenvalue weighted by Gasteiger charge is -2.18. The first-order chi connectivity index (χ1) is 8.61. The maximum Gasteiger partial charge on any atom is 0.0406 e. The van der Waals surface area contributed by atoms with Gasteiger partial charge >= 0.3 is 0 Å². The monoisotopic (exact) mass is 285 g/mol. The highest BCUT2D eigenvalue weighted by Crippen LogP contribution is 2.22. The van der Waals surface area contributed by atoms with Crippen molar-refractivity contribution in [2.24, 2.45) is 0 Å². The smallest absolute Gasteiger partial charge is 0.0406 e. The van der Waals surface area contributed by atoms with E-state index in [1.807, 2.05) is 23.9 Å². The van der Waals surface area contributed by atoms with E-state index in [9.17, 15) is 0 Å². The normalized spacial score (nSPS) is 14.4. The summed E-state index contributed by atoms with van der Waals surface area (Å²) in [7, 11) is 0. The van der Waals surface area contributed by atoms with Gasteiger partial charge in [0.25, 0.3) is 0 Å². The molecule has 0 saturated heterocycles. The molecule has 0 aromatic heterocycles. The third-order valence-electron chi connectivity index (χ3n) is 2.88. The Morgan fingerprint density at radius 3 is 2.50 bits per heavy atom. The summed E-state index contributed by atoms with van der Waals surface area (Å²) in [6.07, 6.45) is 2.43. The Labute approximate surface area is 121 Å². The average Bonchev–Trinajstić information content (AvgIpc) is 2.35. The number of hydrogen-bond acceptors (Lipinski definition) is 2. The molecule has 3 heteroatoms. The molecule has 1 nitrogen and oxygen atoms in total. The summed E-state index contributed by atoms with van der Waals surface area (Å²) >= 11 is 7.89. The van der Waals surface area contributed by atoms with Crippen LogP contribution in [0.3, 0.4) is 0 Å². The summed E-state index contributed by atoms with van der Waals surface area (Å²) in [5.74, 6) is 1.07. The summed E-state index contributed by atoms with van der Waals surface area (Å²) in [5, 5.41) is 5.03. The Balaban J connectivity index is 2.24. The first-order valence-corrected chi connectivity index (χ1v) is 8.14. The largest absolute Gasteiger partial charge is 0.314 e. The Morgan fingerprint density at radius 1 is 1.22 bits per heavy atom. The molecule has 0 aliphatic carbocycles. The van der Waals surface area contributed by atoms with Gasteiger partial charge in [0.15, 0.2) is 0 Å². The Kier molecular flexibility index (Phi) is 7.80. The van der Waals surface area contributed by atoms with Crippen LogP contribution in [0.1, 0.15) is 39.2 Å². The lowest BCUT2D eigenvalue weighted by molar-refractivity contribution is 0.513. The second kappa shape index (κ2) is 8.84. The lowest BCUT2D eigenvalue weighted by atomic mass is 10.2. The highest BCUT2D eigenvalue weighted by atomic mass is 35.5. The summed E-state index contributed by atoms with van der Waals surface area (Å²) in [5.41, 5.74) is 1.35. The first-order valence-electron chi connectivity index (χ1n) is 6.71. The van der Waals surface area contributed by atoms with Crippen LogP contribution in [0, 0.1) is 0 Å². The van der Waals surface area contributed by atoms with Gasteiger partial charge in [-0.3, -0.25) is 0 Å². The third-order valence-corrected chi connectivity index (χ3v) is 4.39. The zero-order valence-corrected chi connectivity index (χ0v) is 13.2. The fourth-order valence-corrected chi connectivity index (χ4v) is 3.08. The van der Waals surface area contributed by atoms with Gasteiger partial charge in [-0.15, -0.1) is 0 Å². The lowest BCUT2D eigenvalue weighted by Crippen LogP contribution is -2.29. The highest BCUT2D eigenvalue weighted by Gasteiger charge is 2.08. The molecular weight excluding hydrogens is 262 g/mol. The number of halogens is 1. The molecule has 0 bridgehead atoms. The van der Waals surface area contributed by atoms with Crippen molar-refractivity contribution in [1.29, 1.82) is 0 Å². The zero-order valence-electron chi connectivity index (χ0n) is 11.6. The van der Waals surface area contributed by atoms with E-state index in [-0.39, 0.29) is 0 Å². The first kappa shape index (κ1) is 15.9. The minimum absolute atomic E-state index is 0.609. The van der Waals surface area contributed by atoms with Crippen LogP contribution in [0.25, 0.3) is 0 Å². The molecule has 0 spiro atoms. The highest BCUT2D eigenvalue weighted by molar-refractivity contribution is 7.99. The van der Waals surface area contributed by atoms with Crippen LogP contribution in [0.15, 0.2) is 24.3 Å². The standard InChI is InChI=1S/C15H24ClNS/c1-4-9-17-12(2)10-13(3)18-11-14-5-7-15(16)8-6-14/h5-8,12-13,17H,4,9-11H2,1-3H3. The van der Waals surface area contributed by atoms with Gasteiger partial charge in [-0.1, -0.05) is 37.6 Å². The van der Waals surface area contributed by atoms with Gasteiger partial charge in [0, 0.05) is 22.1 Å². The van der Waals surface area contributed by atoms with Gasteiger partial charge in [0.2, 0.25) is 0 Å².